The molecule has 1 atom stereocenters. The number of fused-ring (bicyclic) bond motifs is 1. The molecular formula is C18H22N2O3S. The van der Waals surface area contributed by atoms with Gasteiger partial charge in [0.05, 0.1) is 24.1 Å². The van der Waals surface area contributed by atoms with Gasteiger partial charge in [-0.1, -0.05) is 6.92 Å². The molecule has 0 saturated heterocycles. The second-order valence-electron chi connectivity index (χ2n) is 6.08. The van der Waals surface area contributed by atoms with E-state index in [2.05, 4.69) is 17.2 Å². The molecule has 0 bridgehead atoms. The summed E-state index contributed by atoms with van der Waals surface area (Å²) in [5.41, 5.74) is 2.70. The SMILES string of the molecule is COCCOc1ccc(NC(=O)c2csc3c2CC[C@@H](C)C3)cn1. The molecule has 0 spiro atoms. The maximum absolute atomic E-state index is 12.5. The molecule has 2 aromatic heterocycles. The molecular weight excluding hydrogens is 324 g/mol. The number of methoxy groups -OCH3 is 1. The topological polar surface area (TPSA) is 60.5 Å². The summed E-state index contributed by atoms with van der Waals surface area (Å²) in [4.78, 5) is 18.1. The van der Waals surface area contributed by atoms with Crippen LogP contribution in [0, 0.1) is 5.92 Å². The number of hydrogen-bond acceptors (Lipinski definition) is 5. The average molecular weight is 346 g/mol. The molecule has 0 radical (unpaired) electrons. The number of nitrogens with one attached hydrogen (secondary N) is 1. The van der Waals surface area contributed by atoms with Crippen molar-refractivity contribution < 1.29 is 14.3 Å². The van der Waals surface area contributed by atoms with Gasteiger partial charge in [-0.3, -0.25) is 4.79 Å². The maximum Gasteiger partial charge on any atom is 0.256 e. The Morgan fingerprint density at radius 2 is 2.29 bits per heavy atom. The highest BCUT2D eigenvalue weighted by molar-refractivity contribution is 7.10. The highest BCUT2D eigenvalue weighted by Crippen LogP contribution is 2.33. The second-order valence-corrected chi connectivity index (χ2v) is 7.04. The molecule has 3 rings (SSSR count). The Morgan fingerprint density at radius 1 is 1.42 bits per heavy atom. The number of carbonyl (C=O) groups is 1. The summed E-state index contributed by atoms with van der Waals surface area (Å²) in [7, 11) is 1.62. The number of amides is 1. The van der Waals surface area contributed by atoms with Crippen LogP contribution in [-0.2, 0) is 17.6 Å². The first-order chi connectivity index (χ1) is 11.7. The van der Waals surface area contributed by atoms with Crippen LogP contribution in [0.25, 0.3) is 0 Å². The summed E-state index contributed by atoms with van der Waals surface area (Å²) in [6.45, 7) is 3.24. The van der Waals surface area contributed by atoms with Crippen LogP contribution in [0.3, 0.4) is 0 Å². The van der Waals surface area contributed by atoms with E-state index in [4.69, 9.17) is 9.47 Å². The van der Waals surface area contributed by atoms with Gasteiger partial charge >= 0.3 is 0 Å². The molecule has 1 N–H and O–H groups in total. The molecule has 6 heteroatoms. The fourth-order valence-electron chi connectivity index (χ4n) is 2.84. The van der Waals surface area contributed by atoms with Gasteiger partial charge in [-0.05, 0) is 36.8 Å². The number of carbonyl (C=O) groups excluding carboxylic acids is 1. The van der Waals surface area contributed by atoms with Crippen molar-refractivity contribution in [3.63, 3.8) is 0 Å². The van der Waals surface area contributed by atoms with E-state index in [1.165, 1.54) is 10.4 Å². The second kappa shape index (κ2) is 7.77. The number of thiophene rings is 1. The molecule has 0 aromatic carbocycles. The van der Waals surface area contributed by atoms with Crippen molar-refractivity contribution in [1.29, 1.82) is 0 Å². The van der Waals surface area contributed by atoms with Gasteiger partial charge in [0.1, 0.15) is 6.61 Å². The molecule has 0 saturated carbocycles. The lowest BCUT2D eigenvalue weighted by Crippen LogP contribution is -2.16. The van der Waals surface area contributed by atoms with Gasteiger partial charge in [0.25, 0.3) is 5.91 Å². The van der Waals surface area contributed by atoms with E-state index in [1.807, 2.05) is 5.38 Å². The van der Waals surface area contributed by atoms with Crippen LogP contribution in [0.5, 0.6) is 5.88 Å². The summed E-state index contributed by atoms with van der Waals surface area (Å²) >= 11 is 1.70. The predicted octanol–water partition coefficient (Wildman–Crippen LogP) is 3.55. The van der Waals surface area contributed by atoms with E-state index in [9.17, 15) is 4.79 Å². The van der Waals surface area contributed by atoms with Crippen molar-refractivity contribution in [2.24, 2.45) is 5.92 Å². The van der Waals surface area contributed by atoms with Crippen LogP contribution in [0.2, 0.25) is 0 Å². The lowest BCUT2D eigenvalue weighted by molar-refractivity contribution is 0.102. The highest BCUT2D eigenvalue weighted by Gasteiger charge is 2.23. The van der Waals surface area contributed by atoms with Crippen LogP contribution in [0.1, 0.15) is 34.1 Å². The van der Waals surface area contributed by atoms with Crippen molar-refractivity contribution in [3.05, 3.63) is 39.7 Å². The molecule has 0 fully saturated rings. The molecule has 2 heterocycles. The largest absolute Gasteiger partial charge is 0.475 e. The van der Waals surface area contributed by atoms with Crippen molar-refractivity contribution in [2.45, 2.75) is 26.2 Å². The van der Waals surface area contributed by atoms with Crippen LogP contribution >= 0.6 is 11.3 Å². The minimum atomic E-state index is -0.0584. The normalized spacial score (nSPS) is 16.5. The van der Waals surface area contributed by atoms with Crippen LogP contribution in [0.15, 0.2) is 23.7 Å². The molecule has 24 heavy (non-hydrogen) atoms. The van der Waals surface area contributed by atoms with Crippen molar-refractivity contribution in [3.8, 4) is 5.88 Å². The quantitative estimate of drug-likeness (QED) is 0.813. The van der Waals surface area contributed by atoms with E-state index < -0.39 is 0 Å². The third-order valence-electron chi connectivity index (χ3n) is 4.18. The minimum Gasteiger partial charge on any atom is -0.475 e. The summed E-state index contributed by atoms with van der Waals surface area (Å²) in [6, 6.07) is 3.55. The first-order valence-electron chi connectivity index (χ1n) is 8.15. The zero-order chi connectivity index (χ0) is 16.9. The molecule has 1 aliphatic carbocycles. The molecule has 1 amide bonds. The molecule has 1 aliphatic rings. The van der Waals surface area contributed by atoms with Crippen molar-refractivity contribution in [2.75, 3.05) is 25.6 Å². The number of hydrogen-bond donors (Lipinski definition) is 1. The van der Waals surface area contributed by atoms with Crippen molar-refractivity contribution >= 4 is 22.9 Å². The summed E-state index contributed by atoms with van der Waals surface area (Å²) < 4.78 is 10.3. The zero-order valence-corrected chi connectivity index (χ0v) is 14.8. The Balaban J connectivity index is 1.63. The Bertz CT molecular complexity index is 697. The molecule has 2 aromatic rings. The average Bonchev–Trinajstić information content (AvgIpc) is 2.99. The Morgan fingerprint density at radius 3 is 3.04 bits per heavy atom. The maximum atomic E-state index is 12.5. The van der Waals surface area contributed by atoms with Crippen LogP contribution in [0.4, 0.5) is 5.69 Å². The van der Waals surface area contributed by atoms with E-state index >= 15 is 0 Å². The van der Waals surface area contributed by atoms with E-state index in [0.717, 1.165) is 24.8 Å². The molecule has 128 valence electrons. The lowest BCUT2D eigenvalue weighted by atomic mass is 9.88. The first kappa shape index (κ1) is 16.9. The summed E-state index contributed by atoms with van der Waals surface area (Å²) in [5, 5.41) is 4.90. The van der Waals surface area contributed by atoms with Crippen molar-refractivity contribution in [1.82, 2.24) is 4.98 Å². The fourth-order valence-corrected chi connectivity index (χ4v) is 4.08. The van der Waals surface area contributed by atoms with E-state index in [0.29, 0.717) is 30.7 Å². The number of ether oxygens (including phenoxy) is 2. The van der Waals surface area contributed by atoms with Gasteiger partial charge in [0, 0.05) is 23.4 Å². The Kier molecular flexibility index (Phi) is 5.48. The van der Waals surface area contributed by atoms with E-state index in [-0.39, 0.29) is 5.91 Å². The smallest absolute Gasteiger partial charge is 0.256 e. The van der Waals surface area contributed by atoms with Gasteiger partial charge in [-0.25, -0.2) is 4.98 Å². The Hall–Kier alpha value is -1.92. The number of rotatable bonds is 6. The van der Waals surface area contributed by atoms with E-state index in [1.54, 1.807) is 36.8 Å². The molecule has 0 aliphatic heterocycles. The standard InChI is InChI=1S/C18H22N2O3S/c1-12-3-5-14-15(11-24-16(14)9-12)18(21)20-13-4-6-17(19-10-13)23-8-7-22-2/h4,6,10-12H,3,5,7-9H2,1-2H3,(H,20,21)/t12-/m1/s1. The summed E-state index contributed by atoms with van der Waals surface area (Å²) in [5.74, 6) is 1.17. The van der Waals surface area contributed by atoms with Crippen LogP contribution in [-0.4, -0.2) is 31.2 Å². The lowest BCUT2D eigenvalue weighted by Gasteiger charge is -2.18. The van der Waals surface area contributed by atoms with Crippen LogP contribution < -0.4 is 10.1 Å². The molecule has 0 unspecified atom stereocenters. The molecule has 5 nitrogen and oxygen atoms in total. The summed E-state index contributed by atoms with van der Waals surface area (Å²) in [6.07, 6.45) is 4.84. The third kappa shape index (κ3) is 3.94. The van der Waals surface area contributed by atoms with Gasteiger partial charge in [0.15, 0.2) is 0 Å². The van der Waals surface area contributed by atoms with Gasteiger partial charge < -0.3 is 14.8 Å². The number of pyridine rings is 1. The van der Waals surface area contributed by atoms with Gasteiger partial charge in [0.2, 0.25) is 5.88 Å². The number of nitrogens with zero attached hydrogens (tertiary/aromatic N) is 1. The predicted molar refractivity (Wildman–Crippen MR) is 95.1 cm³/mol. The number of anilines is 1. The zero-order valence-electron chi connectivity index (χ0n) is 14.0. The highest BCUT2D eigenvalue weighted by atomic mass is 32.1. The Labute approximate surface area is 146 Å². The fraction of sp³-hybridized carbons (Fsp3) is 0.444. The number of aromatic nitrogens is 1. The first-order valence-corrected chi connectivity index (χ1v) is 9.03. The third-order valence-corrected chi connectivity index (χ3v) is 5.23. The van der Waals surface area contributed by atoms with Gasteiger partial charge in [-0.2, -0.15) is 0 Å². The monoisotopic (exact) mass is 346 g/mol. The van der Waals surface area contributed by atoms with Gasteiger partial charge in [-0.15, -0.1) is 11.3 Å². The minimum absolute atomic E-state index is 0.0584.